The predicted molar refractivity (Wildman–Crippen MR) is 86.4 cm³/mol. The van der Waals surface area contributed by atoms with Crippen molar-refractivity contribution < 1.29 is 9.90 Å². The molecule has 6 heteroatoms. The number of benzene rings is 1. The third-order valence-electron chi connectivity index (χ3n) is 2.69. The summed E-state index contributed by atoms with van der Waals surface area (Å²) >= 11 is 1.77. The van der Waals surface area contributed by atoms with Crippen molar-refractivity contribution in [1.29, 1.82) is 0 Å². The first-order valence-corrected chi connectivity index (χ1v) is 7.75. The lowest BCUT2D eigenvalue weighted by Gasteiger charge is -2.16. The first-order valence-electron chi connectivity index (χ1n) is 6.60. The summed E-state index contributed by atoms with van der Waals surface area (Å²) in [7, 11) is 3.46. The number of nitrogens with two attached hydrogens (primary N) is 1. The third kappa shape index (κ3) is 5.30. The normalized spacial score (nSPS) is 10.3. The van der Waals surface area contributed by atoms with E-state index >= 15 is 0 Å². The molecule has 0 aliphatic carbocycles. The Hall–Kier alpha value is -1.40. The zero-order valence-corrected chi connectivity index (χ0v) is 12.9. The summed E-state index contributed by atoms with van der Waals surface area (Å²) < 4.78 is 0. The molecule has 0 saturated heterocycles. The lowest BCUT2D eigenvalue weighted by molar-refractivity contribution is 0.0828. The Morgan fingerprint density at radius 1 is 1.40 bits per heavy atom. The predicted octanol–water partition coefficient (Wildman–Crippen LogP) is 1.50. The van der Waals surface area contributed by atoms with Crippen LogP contribution in [0.5, 0.6) is 0 Å². The highest BCUT2D eigenvalue weighted by molar-refractivity contribution is 7.99. The minimum atomic E-state index is -0.0413. The van der Waals surface area contributed by atoms with Gasteiger partial charge in [0.25, 0.3) is 5.91 Å². The van der Waals surface area contributed by atoms with E-state index in [1.165, 1.54) is 0 Å². The number of nitrogens with zero attached hydrogens (tertiary/aromatic N) is 1. The molecule has 20 heavy (non-hydrogen) atoms. The van der Waals surface area contributed by atoms with Crippen molar-refractivity contribution in [3.05, 3.63) is 23.8 Å². The van der Waals surface area contributed by atoms with Gasteiger partial charge in [-0.15, -0.1) is 0 Å². The Morgan fingerprint density at radius 2 is 2.15 bits per heavy atom. The number of hydrogen-bond donors (Lipinski definition) is 3. The van der Waals surface area contributed by atoms with Crippen molar-refractivity contribution in [2.24, 2.45) is 0 Å². The second-order valence-corrected chi connectivity index (χ2v) is 5.85. The van der Waals surface area contributed by atoms with Gasteiger partial charge in [0, 0.05) is 44.4 Å². The van der Waals surface area contributed by atoms with Crippen molar-refractivity contribution in [3.8, 4) is 0 Å². The van der Waals surface area contributed by atoms with Crippen LogP contribution in [0.1, 0.15) is 16.8 Å². The van der Waals surface area contributed by atoms with Crippen LogP contribution in [0.3, 0.4) is 0 Å². The SMILES string of the molecule is CN(C)C(=O)c1ccc(N)cc1NCCSCCCO. The fourth-order valence-electron chi connectivity index (χ4n) is 1.66. The van der Waals surface area contributed by atoms with E-state index in [-0.39, 0.29) is 12.5 Å². The summed E-state index contributed by atoms with van der Waals surface area (Å²) in [5.74, 6) is 1.82. The molecular formula is C14H23N3O2S. The van der Waals surface area contributed by atoms with Crippen LogP contribution in [-0.2, 0) is 0 Å². The molecule has 0 aromatic heterocycles. The summed E-state index contributed by atoms with van der Waals surface area (Å²) in [6.07, 6.45) is 0.813. The Morgan fingerprint density at radius 3 is 2.80 bits per heavy atom. The van der Waals surface area contributed by atoms with E-state index in [0.717, 1.165) is 30.2 Å². The fraction of sp³-hybridized carbons (Fsp3) is 0.500. The van der Waals surface area contributed by atoms with Crippen molar-refractivity contribution >= 4 is 29.0 Å². The molecule has 0 saturated carbocycles. The molecule has 0 bridgehead atoms. The highest BCUT2D eigenvalue weighted by atomic mass is 32.2. The maximum absolute atomic E-state index is 12.1. The number of carbonyl (C=O) groups excluding carboxylic acids is 1. The largest absolute Gasteiger partial charge is 0.399 e. The van der Waals surface area contributed by atoms with Crippen LogP contribution in [0.15, 0.2) is 18.2 Å². The molecule has 0 aliphatic rings. The van der Waals surface area contributed by atoms with Gasteiger partial charge in [0.05, 0.1) is 5.56 Å². The summed E-state index contributed by atoms with van der Waals surface area (Å²) in [6.45, 7) is 0.990. The lowest BCUT2D eigenvalue weighted by Crippen LogP contribution is -2.23. The zero-order valence-electron chi connectivity index (χ0n) is 12.1. The topological polar surface area (TPSA) is 78.6 Å². The van der Waals surface area contributed by atoms with Crippen LogP contribution in [-0.4, -0.2) is 54.7 Å². The number of aliphatic hydroxyl groups is 1. The minimum Gasteiger partial charge on any atom is -0.399 e. The van der Waals surface area contributed by atoms with Gasteiger partial charge < -0.3 is 21.1 Å². The first-order chi connectivity index (χ1) is 9.56. The number of rotatable bonds is 8. The van der Waals surface area contributed by atoms with E-state index < -0.39 is 0 Å². The maximum atomic E-state index is 12.1. The van der Waals surface area contributed by atoms with Gasteiger partial charge in [0.15, 0.2) is 0 Å². The number of carbonyl (C=O) groups is 1. The van der Waals surface area contributed by atoms with Crippen LogP contribution >= 0.6 is 11.8 Å². The van der Waals surface area contributed by atoms with Crippen LogP contribution in [0.25, 0.3) is 0 Å². The third-order valence-corrected chi connectivity index (χ3v) is 3.76. The number of aliphatic hydroxyl groups excluding tert-OH is 1. The van der Waals surface area contributed by atoms with Gasteiger partial charge in [-0.2, -0.15) is 11.8 Å². The Kier molecular flexibility index (Phi) is 7.25. The molecule has 0 aliphatic heterocycles. The van der Waals surface area contributed by atoms with E-state index in [0.29, 0.717) is 11.3 Å². The highest BCUT2D eigenvalue weighted by Crippen LogP contribution is 2.20. The Labute approximate surface area is 124 Å². The molecule has 0 radical (unpaired) electrons. The molecule has 0 spiro atoms. The van der Waals surface area contributed by atoms with E-state index in [1.807, 2.05) is 0 Å². The highest BCUT2D eigenvalue weighted by Gasteiger charge is 2.13. The molecule has 1 aromatic rings. The van der Waals surface area contributed by atoms with Crippen molar-refractivity contribution in [2.45, 2.75) is 6.42 Å². The van der Waals surface area contributed by atoms with Gasteiger partial charge in [-0.3, -0.25) is 4.79 Å². The van der Waals surface area contributed by atoms with E-state index in [9.17, 15) is 4.79 Å². The molecule has 4 N–H and O–H groups in total. The molecule has 1 aromatic carbocycles. The van der Waals surface area contributed by atoms with Crippen molar-refractivity contribution in [3.63, 3.8) is 0 Å². The molecule has 1 amide bonds. The average Bonchev–Trinajstić information content (AvgIpc) is 2.42. The summed E-state index contributed by atoms with van der Waals surface area (Å²) in [5.41, 5.74) is 7.81. The Bertz CT molecular complexity index is 438. The van der Waals surface area contributed by atoms with Gasteiger partial charge in [-0.1, -0.05) is 0 Å². The monoisotopic (exact) mass is 297 g/mol. The fourth-order valence-corrected chi connectivity index (χ4v) is 2.45. The van der Waals surface area contributed by atoms with Gasteiger partial charge in [-0.05, 0) is 30.4 Å². The van der Waals surface area contributed by atoms with Crippen LogP contribution in [0.2, 0.25) is 0 Å². The molecular weight excluding hydrogens is 274 g/mol. The van der Waals surface area contributed by atoms with Gasteiger partial charge in [0.2, 0.25) is 0 Å². The number of amides is 1. The maximum Gasteiger partial charge on any atom is 0.255 e. The quantitative estimate of drug-likeness (QED) is 0.500. The van der Waals surface area contributed by atoms with Crippen LogP contribution in [0.4, 0.5) is 11.4 Å². The number of anilines is 2. The summed E-state index contributed by atoms with van der Waals surface area (Å²) in [5, 5.41) is 12.0. The summed E-state index contributed by atoms with van der Waals surface area (Å²) in [4.78, 5) is 13.6. The van der Waals surface area contributed by atoms with Crippen molar-refractivity contribution in [2.75, 3.05) is 49.8 Å². The van der Waals surface area contributed by atoms with E-state index in [4.69, 9.17) is 10.8 Å². The van der Waals surface area contributed by atoms with Crippen LogP contribution in [0, 0.1) is 0 Å². The zero-order chi connectivity index (χ0) is 15.0. The van der Waals surface area contributed by atoms with Gasteiger partial charge >= 0.3 is 0 Å². The van der Waals surface area contributed by atoms with E-state index in [2.05, 4.69) is 5.32 Å². The average molecular weight is 297 g/mol. The summed E-state index contributed by atoms with van der Waals surface area (Å²) in [6, 6.07) is 5.27. The molecule has 0 fully saturated rings. The van der Waals surface area contributed by atoms with E-state index in [1.54, 1.807) is 49.0 Å². The Balaban J connectivity index is 2.59. The standard InChI is InChI=1S/C14H23N3O2S/c1-17(2)14(19)12-5-4-11(15)10-13(12)16-6-9-20-8-3-7-18/h4-5,10,16,18H,3,6-9,15H2,1-2H3. The number of nitrogens with one attached hydrogen (secondary N) is 1. The second kappa shape index (κ2) is 8.71. The second-order valence-electron chi connectivity index (χ2n) is 4.62. The minimum absolute atomic E-state index is 0.0413. The van der Waals surface area contributed by atoms with Crippen molar-refractivity contribution in [1.82, 2.24) is 4.90 Å². The molecule has 112 valence electrons. The number of hydrogen-bond acceptors (Lipinski definition) is 5. The molecule has 5 nitrogen and oxygen atoms in total. The lowest BCUT2D eigenvalue weighted by atomic mass is 10.1. The van der Waals surface area contributed by atoms with Crippen LogP contribution < -0.4 is 11.1 Å². The molecule has 0 unspecified atom stereocenters. The molecule has 1 rings (SSSR count). The number of nitrogen functional groups attached to an aromatic ring is 1. The van der Waals surface area contributed by atoms with Gasteiger partial charge in [-0.25, -0.2) is 0 Å². The molecule has 0 atom stereocenters. The smallest absolute Gasteiger partial charge is 0.255 e. The first kappa shape index (κ1) is 16.7. The molecule has 0 heterocycles. The number of thioether (sulfide) groups is 1. The van der Waals surface area contributed by atoms with Gasteiger partial charge in [0.1, 0.15) is 0 Å².